The van der Waals surface area contributed by atoms with E-state index in [2.05, 4.69) is 15.8 Å². The highest BCUT2D eigenvalue weighted by Gasteiger charge is 2.22. The van der Waals surface area contributed by atoms with Crippen molar-refractivity contribution in [3.05, 3.63) is 81.6 Å². The Morgan fingerprint density at radius 3 is 2.54 bits per heavy atom. The fourth-order valence-corrected chi connectivity index (χ4v) is 3.64. The van der Waals surface area contributed by atoms with E-state index in [4.69, 9.17) is 9.15 Å². The van der Waals surface area contributed by atoms with Crippen LogP contribution in [0.15, 0.2) is 64.1 Å². The molecule has 3 rings (SSSR count). The number of nitrogens with one attached hydrogen (secondary N) is 2. The molecule has 2 amide bonds. The van der Waals surface area contributed by atoms with Gasteiger partial charge in [0.25, 0.3) is 17.5 Å². The molecule has 2 N–H and O–H groups in total. The topological polar surface area (TPSA) is 136 Å². The average molecular weight is 507 g/mol. The number of nitro groups is 1. The summed E-state index contributed by atoms with van der Waals surface area (Å²) in [5.74, 6) is 0.765. The van der Waals surface area contributed by atoms with Gasteiger partial charge in [-0.2, -0.15) is 5.10 Å². The van der Waals surface area contributed by atoms with Crippen molar-refractivity contribution < 1.29 is 23.7 Å². The molecule has 0 fully saturated rings. The predicted octanol–water partition coefficient (Wildman–Crippen LogP) is 4.53. The lowest BCUT2D eigenvalue weighted by molar-refractivity contribution is -0.384. The van der Waals surface area contributed by atoms with Crippen molar-refractivity contribution in [1.29, 1.82) is 0 Å². The van der Waals surface area contributed by atoms with Crippen molar-refractivity contribution in [1.82, 2.24) is 10.7 Å². The summed E-state index contributed by atoms with van der Waals surface area (Å²) >= 11 is 0. The maximum Gasteiger partial charge on any atom is 0.269 e. The molecule has 0 saturated heterocycles. The molecule has 37 heavy (non-hydrogen) atoms. The molecule has 194 valence electrons. The number of amides is 2. The first-order chi connectivity index (χ1) is 17.6. The Kier molecular flexibility index (Phi) is 9.15. The Morgan fingerprint density at radius 2 is 1.86 bits per heavy atom. The Morgan fingerprint density at radius 1 is 1.11 bits per heavy atom. The zero-order valence-electron chi connectivity index (χ0n) is 21.2. The van der Waals surface area contributed by atoms with Gasteiger partial charge in [-0.15, -0.1) is 0 Å². The number of carbonyl (C=O) groups is 2. The minimum atomic E-state index is -0.792. The summed E-state index contributed by atoms with van der Waals surface area (Å²) in [5, 5.41) is 17.6. The highest BCUT2D eigenvalue weighted by Crippen LogP contribution is 2.28. The van der Waals surface area contributed by atoms with Crippen LogP contribution >= 0.6 is 0 Å². The number of rotatable bonds is 11. The fourth-order valence-electron chi connectivity index (χ4n) is 3.64. The van der Waals surface area contributed by atoms with Gasteiger partial charge in [0.15, 0.2) is 6.61 Å². The second kappa shape index (κ2) is 12.5. The fraction of sp³-hybridized carbons (Fsp3) is 0.296. The van der Waals surface area contributed by atoms with Crippen LogP contribution in [0, 0.1) is 29.9 Å². The van der Waals surface area contributed by atoms with E-state index in [1.54, 1.807) is 31.2 Å². The first kappa shape index (κ1) is 27.1. The van der Waals surface area contributed by atoms with E-state index in [1.165, 1.54) is 18.3 Å². The van der Waals surface area contributed by atoms with E-state index >= 15 is 0 Å². The number of ether oxygens (including phenoxy) is 1. The molecule has 0 aliphatic carbocycles. The molecule has 3 aromatic rings. The molecule has 0 spiro atoms. The quantitative estimate of drug-likeness (QED) is 0.223. The lowest BCUT2D eigenvalue weighted by atomic mass is 10.0. The van der Waals surface area contributed by atoms with Crippen LogP contribution in [-0.4, -0.2) is 35.6 Å². The molecule has 1 aromatic heterocycles. The second-order valence-electron chi connectivity index (χ2n) is 9.00. The Balaban J connectivity index is 1.59. The number of furan rings is 1. The number of aryl methyl sites for hydroxylation is 2. The van der Waals surface area contributed by atoms with Gasteiger partial charge in [-0.1, -0.05) is 32.0 Å². The van der Waals surface area contributed by atoms with Crippen LogP contribution in [0.1, 0.15) is 37.2 Å². The van der Waals surface area contributed by atoms with Gasteiger partial charge in [0.1, 0.15) is 23.3 Å². The summed E-state index contributed by atoms with van der Waals surface area (Å²) in [5.41, 5.74) is 4.76. The molecule has 0 bridgehead atoms. The van der Waals surface area contributed by atoms with Crippen molar-refractivity contribution in [2.75, 3.05) is 6.61 Å². The molecule has 0 saturated carbocycles. The van der Waals surface area contributed by atoms with Crippen molar-refractivity contribution in [3.8, 4) is 17.1 Å². The third-order valence-corrected chi connectivity index (χ3v) is 5.49. The molecule has 1 atom stereocenters. The van der Waals surface area contributed by atoms with Crippen LogP contribution < -0.4 is 15.5 Å². The van der Waals surface area contributed by atoms with Gasteiger partial charge < -0.3 is 14.5 Å². The number of nitro benzene ring substituents is 1. The number of carbonyl (C=O) groups excluding carboxylic acids is 2. The van der Waals surface area contributed by atoms with Crippen LogP contribution in [0.25, 0.3) is 11.3 Å². The van der Waals surface area contributed by atoms with Crippen molar-refractivity contribution in [2.24, 2.45) is 11.0 Å². The lowest BCUT2D eigenvalue weighted by Crippen LogP contribution is -2.47. The van der Waals surface area contributed by atoms with Gasteiger partial charge in [0.2, 0.25) is 0 Å². The molecular weight excluding hydrogens is 476 g/mol. The van der Waals surface area contributed by atoms with Crippen LogP contribution in [-0.2, 0) is 9.59 Å². The van der Waals surface area contributed by atoms with Gasteiger partial charge in [-0.3, -0.25) is 19.7 Å². The minimum Gasteiger partial charge on any atom is -0.484 e. The molecule has 0 aliphatic heterocycles. The van der Waals surface area contributed by atoms with E-state index in [9.17, 15) is 19.7 Å². The van der Waals surface area contributed by atoms with E-state index in [0.29, 0.717) is 34.8 Å². The number of para-hydroxylation sites is 1. The van der Waals surface area contributed by atoms with Crippen LogP contribution in [0.4, 0.5) is 5.69 Å². The number of hydrazone groups is 1. The summed E-state index contributed by atoms with van der Waals surface area (Å²) in [6, 6.07) is 14.5. The number of nitrogens with zero attached hydrogens (tertiary/aromatic N) is 2. The summed E-state index contributed by atoms with van der Waals surface area (Å²) in [6.07, 6.45) is 1.76. The van der Waals surface area contributed by atoms with E-state index in [0.717, 1.165) is 5.56 Å². The zero-order chi connectivity index (χ0) is 26.9. The van der Waals surface area contributed by atoms with Crippen LogP contribution in [0.2, 0.25) is 0 Å². The smallest absolute Gasteiger partial charge is 0.269 e. The van der Waals surface area contributed by atoms with Gasteiger partial charge in [0, 0.05) is 17.7 Å². The minimum absolute atomic E-state index is 0.00193. The summed E-state index contributed by atoms with van der Waals surface area (Å²) < 4.78 is 11.3. The van der Waals surface area contributed by atoms with Gasteiger partial charge in [0.05, 0.1) is 11.1 Å². The molecule has 10 nitrogen and oxygen atoms in total. The van der Waals surface area contributed by atoms with Crippen molar-refractivity contribution in [2.45, 2.75) is 40.2 Å². The molecular formula is C27H30N4O6. The van der Waals surface area contributed by atoms with E-state index in [1.807, 2.05) is 39.0 Å². The normalized spacial score (nSPS) is 11.9. The highest BCUT2D eigenvalue weighted by molar-refractivity contribution is 5.89. The standard InChI is InChI=1S/C27H30N4O6/c1-17(2)13-23(29-26(32)16-36-24-8-6-5-7-18(24)3)27(33)30-28-15-21-10-12-25(37-21)22-11-9-20(31(34)35)14-19(22)4/h5-12,14-15,17,23H,13,16H2,1-4H3,(H,29,32)(H,30,33)/b28-15-/t23-/m0/s1. The molecule has 2 aromatic carbocycles. The Bertz CT molecular complexity index is 1300. The van der Waals surface area contributed by atoms with Crippen LogP contribution in [0.3, 0.4) is 0 Å². The first-order valence-corrected chi connectivity index (χ1v) is 11.8. The molecule has 1 heterocycles. The SMILES string of the molecule is Cc1ccccc1OCC(=O)N[C@@H](CC(C)C)C(=O)N/N=C\c1ccc(-c2ccc([N+](=O)[O-])cc2C)o1. The highest BCUT2D eigenvalue weighted by atomic mass is 16.6. The lowest BCUT2D eigenvalue weighted by Gasteiger charge is -2.19. The number of non-ortho nitro benzene ring substituents is 1. The Labute approximate surface area is 214 Å². The Hall–Kier alpha value is -4.47. The zero-order valence-corrected chi connectivity index (χ0v) is 21.2. The maximum absolute atomic E-state index is 12.7. The van der Waals surface area contributed by atoms with Crippen molar-refractivity contribution in [3.63, 3.8) is 0 Å². The average Bonchev–Trinajstić information content (AvgIpc) is 3.31. The van der Waals surface area contributed by atoms with E-state index in [-0.39, 0.29) is 18.2 Å². The van der Waals surface area contributed by atoms with Crippen molar-refractivity contribution >= 4 is 23.7 Å². The summed E-state index contributed by atoms with van der Waals surface area (Å²) in [6.45, 7) is 7.32. The van der Waals surface area contributed by atoms with E-state index < -0.39 is 22.8 Å². The van der Waals surface area contributed by atoms with Gasteiger partial charge >= 0.3 is 0 Å². The number of hydrogen-bond donors (Lipinski definition) is 2. The molecule has 10 heteroatoms. The predicted molar refractivity (Wildman–Crippen MR) is 139 cm³/mol. The summed E-state index contributed by atoms with van der Waals surface area (Å²) in [4.78, 5) is 35.7. The van der Waals surface area contributed by atoms with Gasteiger partial charge in [-0.25, -0.2) is 5.43 Å². The maximum atomic E-state index is 12.7. The molecule has 0 unspecified atom stereocenters. The third-order valence-electron chi connectivity index (χ3n) is 5.49. The molecule has 0 radical (unpaired) electrons. The monoisotopic (exact) mass is 506 g/mol. The second-order valence-corrected chi connectivity index (χ2v) is 9.00. The third kappa shape index (κ3) is 7.76. The van der Waals surface area contributed by atoms with Crippen LogP contribution in [0.5, 0.6) is 5.75 Å². The number of benzene rings is 2. The molecule has 0 aliphatic rings. The largest absolute Gasteiger partial charge is 0.484 e. The van der Waals surface area contributed by atoms with Gasteiger partial charge in [-0.05, 0) is 61.6 Å². The summed E-state index contributed by atoms with van der Waals surface area (Å²) in [7, 11) is 0. The number of hydrogen-bond acceptors (Lipinski definition) is 7. The first-order valence-electron chi connectivity index (χ1n) is 11.8.